The average Bonchev–Trinajstić information content (AvgIpc) is 3.21. The molecule has 0 aliphatic carbocycles. The number of rotatable bonds is 8. The highest BCUT2D eigenvalue weighted by Crippen LogP contribution is 2.30. The maximum absolute atomic E-state index is 12.2. The van der Waals surface area contributed by atoms with Gasteiger partial charge in [0.2, 0.25) is 15.9 Å². The number of sulfonamides is 1. The zero-order chi connectivity index (χ0) is 22.6. The minimum Gasteiger partial charge on any atom is -0.411 e. The first-order valence-corrected chi connectivity index (χ1v) is 11.1. The molecule has 0 aliphatic heterocycles. The quantitative estimate of drug-likeness (QED) is 0.302. The SMILES string of the molecule is CN(C)S(=O)(=O)c1ccc(NC(=O)CSc2nnc(-c3ccccc3[N+](=O)[O-])o2)cc1. The fourth-order valence-corrected chi connectivity index (χ4v) is 3.90. The summed E-state index contributed by atoms with van der Waals surface area (Å²) in [6, 6.07) is 11.7. The van der Waals surface area contributed by atoms with Crippen molar-refractivity contribution in [1.29, 1.82) is 0 Å². The number of aromatic nitrogens is 2. The molecule has 0 bridgehead atoms. The zero-order valence-corrected chi connectivity index (χ0v) is 18.0. The van der Waals surface area contributed by atoms with Crippen LogP contribution in [0.1, 0.15) is 0 Å². The van der Waals surface area contributed by atoms with E-state index in [2.05, 4.69) is 15.5 Å². The van der Waals surface area contributed by atoms with Crippen molar-refractivity contribution >= 4 is 39.1 Å². The van der Waals surface area contributed by atoms with E-state index in [0.29, 0.717) is 5.69 Å². The monoisotopic (exact) mass is 463 g/mol. The van der Waals surface area contributed by atoms with Crippen LogP contribution in [0.3, 0.4) is 0 Å². The topological polar surface area (TPSA) is 149 Å². The van der Waals surface area contributed by atoms with Crippen molar-refractivity contribution in [3.63, 3.8) is 0 Å². The number of nitro groups is 1. The molecule has 11 nitrogen and oxygen atoms in total. The highest BCUT2D eigenvalue weighted by atomic mass is 32.2. The van der Waals surface area contributed by atoms with Gasteiger partial charge in [0.05, 0.1) is 15.6 Å². The third kappa shape index (κ3) is 5.25. The molecule has 0 radical (unpaired) electrons. The molecule has 0 unspecified atom stereocenters. The van der Waals surface area contributed by atoms with Crippen LogP contribution in [-0.4, -0.2) is 53.6 Å². The number of para-hydroxylation sites is 1. The Morgan fingerprint density at radius 3 is 2.48 bits per heavy atom. The molecule has 31 heavy (non-hydrogen) atoms. The molecule has 0 atom stereocenters. The van der Waals surface area contributed by atoms with Crippen molar-refractivity contribution in [2.45, 2.75) is 10.1 Å². The summed E-state index contributed by atoms with van der Waals surface area (Å²) in [5.41, 5.74) is 0.443. The smallest absolute Gasteiger partial charge is 0.282 e. The summed E-state index contributed by atoms with van der Waals surface area (Å²) in [5, 5.41) is 21.4. The predicted octanol–water partition coefficient (Wildman–Crippen LogP) is 2.63. The van der Waals surface area contributed by atoms with Gasteiger partial charge in [-0.2, -0.15) is 0 Å². The summed E-state index contributed by atoms with van der Waals surface area (Å²) in [5.74, 6) is -0.456. The standard InChI is InChI=1S/C18H17N5O6S2/c1-22(2)31(27,28)13-9-7-12(8-10-13)19-16(24)11-30-18-21-20-17(29-18)14-5-3-4-6-15(14)23(25)26/h3-10H,11H2,1-2H3,(H,19,24). The molecule has 0 aliphatic rings. The van der Waals surface area contributed by atoms with Crippen LogP contribution < -0.4 is 5.32 Å². The number of nitro benzene ring substituents is 1. The second-order valence-corrected chi connectivity index (χ2v) is 9.37. The van der Waals surface area contributed by atoms with E-state index >= 15 is 0 Å². The number of carbonyl (C=O) groups is 1. The van der Waals surface area contributed by atoms with Gasteiger partial charge in [-0.05, 0) is 30.3 Å². The third-order valence-electron chi connectivity index (χ3n) is 3.98. The molecule has 1 amide bonds. The second-order valence-electron chi connectivity index (χ2n) is 6.30. The van der Waals surface area contributed by atoms with E-state index in [9.17, 15) is 23.3 Å². The Morgan fingerprint density at radius 2 is 1.84 bits per heavy atom. The van der Waals surface area contributed by atoms with E-state index in [4.69, 9.17) is 4.42 Å². The van der Waals surface area contributed by atoms with Crippen LogP contribution in [0.15, 0.2) is 63.1 Å². The molecular weight excluding hydrogens is 446 g/mol. The van der Waals surface area contributed by atoms with Gasteiger partial charge >= 0.3 is 0 Å². The Kier molecular flexibility index (Phi) is 6.68. The first-order valence-electron chi connectivity index (χ1n) is 8.71. The largest absolute Gasteiger partial charge is 0.411 e. The van der Waals surface area contributed by atoms with Crippen molar-refractivity contribution in [2.75, 3.05) is 25.2 Å². The summed E-state index contributed by atoms with van der Waals surface area (Å²) in [6.45, 7) is 0. The maximum atomic E-state index is 12.2. The van der Waals surface area contributed by atoms with Gasteiger partial charge in [-0.3, -0.25) is 14.9 Å². The van der Waals surface area contributed by atoms with Crippen LogP contribution >= 0.6 is 11.8 Å². The van der Waals surface area contributed by atoms with Crippen LogP contribution in [0.4, 0.5) is 11.4 Å². The molecule has 1 N–H and O–H groups in total. The number of carbonyl (C=O) groups excluding carboxylic acids is 1. The van der Waals surface area contributed by atoms with Crippen molar-refractivity contribution in [3.8, 4) is 11.5 Å². The van der Waals surface area contributed by atoms with Gasteiger partial charge in [-0.1, -0.05) is 23.9 Å². The molecule has 3 aromatic rings. The lowest BCUT2D eigenvalue weighted by Crippen LogP contribution is -2.22. The number of benzene rings is 2. The lowest BCUT2D eigenvalue weighted by atomic mass is 10.2. The number of nitrogens with zero attached hydrogens (tertiary/aromatic N) is 4. The Morgan fingerprint density at radius 1 is 1.16 bits per heavy atom. The van der Waals surface area contributed by atoms with Crippen molar-refractivity contribution < 1.29 is 22.6 Å². The number of anilines is 1. The number of nitrogens with one attached hydrogen (secondary N) is 1. The van der Waals surface area contributed by atoms with Gasteiger partial charge in [0.25, 0.3) is 16.8 Å². The molecular formula is C18H17N5O6S2. The highest BCUT2D eigenvalue weighted by Gasteiger charge is 2.20. The molecule has 13 heteroatoms. The predicted molar refractivity (Wildman–Crippen MR) is 113 cm³/mol. The number of hydrogen-bond acceptors (Lipinski definition) is 9. The fraction of sp³-hybridized carbons (Fsp3) is 0.167. The van der Waals surface area contributed by atoms with Crippen LogP contribution in [0.2, 0.25) is 0 Å². The summed E-state index contributed by atoms with van der Waals surface area (Å²) < 4.78 is 30.6. The molecule has 0 saturated heterocycles. The van der Waals surface area contributed by atoms with Gasteiger partial charge in [-0.25, -0.2) is 12.7 Å². The highest BCUT2D eigenvalue weighted by molar-refractivity contribution is 7.99. The van der Waals surface area contributed by atoms with E-state index in [1.807, 2.05) is 0 Å². The van der Waals surface area contributed by atoms with E-state index in [1.165, 1.54) is 56.6 Å². The number of thioether (sulfide) groups is 1. The number of hydrogen-bond donors (Lipinski definition) is 1. The van der Waals surface area contributed by atoms with Crippen LogP contribution in [0.5, 0.6) is 0 Å². The zero-order valence-electron chi connectivity index (χ0n) is 16.4. The Labute approximate surface area is 181 Å². The lowest BCUT2D eigenvalue weighted by molar-refractivity contribution is -0.384. The first kappa shape index (κ1) is 22.4. The van der Waals surface area contributed by atoms with E-state index in [1.54, 1.807) is 6.07 Å². The Bertz CT molecular complexity index is 1210. The van der Waals surface area contributed by atoms with Gasteiger partial charge in [0.15, 0.2) is 0 Å². The van der Waals surface area contributed by atoms with E-state index in [0.717, 1.165) is 16.1 Å². The minimum absolute atomic E-state index is 0.0205. The first-order chi connectivity index (χ1) is 14.7. The third-order valence-corrected chi connectivity index (χ3v) is 6.63. The van der Waals surface area contributed by atoms with Crippen LogP contribution in [0.25, 0.3) is 11.5 Å². The van der Waals surface area contributed by atoms with Crippen LogP contribution in [0, 0.1) is 10.1 Å². The van der Waals surface area contributed by atoms with Gasteiger partial charge < -0.3 is 9.73 Å². The summed E-state index contributed by atoms with van der Waals surface area (Å²) >= 11 is 0.964. The van der Waals surface area contributed by atoms with Crippen molar-refractivity contribution in [1.82, 2.24) is 14.5 Å². The molecule has 3 rings (SSSR count). The second kappa shape index (κ2) is 9.24. The molecule has 162 valence electrons. The van der Waals surface area contributed by atoms with Crippen LogP contribution in [-0.2, 0) is 14.8 Å². The van der Waals surface area contributed by atoms with Gasteiger partial charge in [0.1, 0.15) is 5.56 Å². The van der Waals surface area contributed by atoms with Gasteiger partial charge in [-0.15, -0.1) is 10.2 Å². The summed E-state index contributed by atoms with van der Waals surface area (Å²) in [6.07, 6.45) is 0. The van der Waals surface area contributed by atoms with E-state index in [-0.39, 0.29) is 38.9 Å². The lowest BCUT2D eigenvalue weighted by Gasteiger charge is -2.11. The average molecular weight is 463 g/mol. The molecule has 0 fully saturated rings. The fourth-order valence-electron chi connectivity index (χ4n) is 2.44. The number of amides is 1. The minimum atomic E-state index is -3.55. The van der Waals surface area contributed by atoms with Gasteiger partial charge in [0, 0.05) is 25.8 Å². The Hall–Kier alpha value is -3.29. The Balaban J connectivity index is 1.61. The molecule has 0 saturated carbocycles. The summed E-state index contributed by atoms with van der Waals surface area (Å²) in [4.78, 5) is 22.8. The molecule has 1 heterocycles. The van der Waals surface area contributed by atoms with E-state index < -0.39 is 14.9 Å². The molecule has 1 aromatic heterocycles. The summed E-state index contributed by atoms with van der Waals surface area (Å²) in [7, 11) is -0.687. The van der Waals surface area contributed by atoms with Crippen molar-refractivity contribution in [3.05, 3.63) is 58.6 Å². The maximum Gasteiger partial charge on any atom is 0.282 e. The molecule has 2 aromatic carbocycles. The normalized spacial score (nSPS) is 11.5. The van der Waals surface area contributed by atoms with Crippen molar-refractivity contribution in [2.24, 2.45) is 0 Å². The molecule has 0 spiro atoms.